The van der Waals surface area contributed by atoms with E-state index in [9.17, 15) is 23.1 Å². The number of carboxylic acid groups (broad SMARTS) is 1. The monoisotopic (exact) mass is 498 g/mol. The summed E-state index contributed by atoms with van der Waals surface area (Å²) in [6.07, 6.45) is 6.82. The first-order valence-electron chi connectivity index (χ1n) is 12.0. The van der Waals surface area contributed by atoms with Crippen LogP contribution in [0.25, 0.3) is 17.0 Å². The summed E-state index contributed by atoms with van der Waals surface area (Å²) >= 11 is 0. The molecule has 1 N–H and O–H groups in total. The lowest BCUT2D eigenvalue weighted by Gasteiger charge is -2.38. The molecule has 4 rings (SSSR count). The Morgan fingerprint density at radius 2 is 1.92 bits per heavy atom. The molecule has 0 unspecified atom stereocenters. The Bertz CT molecular complexity index is 1270. The van der Waals surface area contributed by atoms with Gasteiger partial charge in [0.25, 0.3) is 0 Å². The van der Waals surface area contributed by atoms with Gasteiger partial charge in [-0.1, -0.05) is 12.2 Å². The number of carbonyl (C=O) groups is 1. The fourth-order valence-corrected chi connectivity index (χ4v) is 4.89. The van der Waals surface area contributed by atoms with Crippen LogP contribution in [-0.4, -0.2) is 47.7 Å². The predicted molar refractivity (Wildman–Crippen MR) is 132 cm³/mol. The van der Waals surface area contributed by atoms with E-state index in [1.54, 1.807) is 37.5 Å². The number of halogens is 3. The van der Waals surface area contributed by atoms with Gasteiger partial charge in [0, 0.05) is 17.5 Å². The molecular formula is C28H29F3N2O3. The Hall–Kier alpha value is -3.39. The van der Waals surface area contributed by atoms with Gasteiger partial charge in [-0.2, -0.15) is 0 Å². The maximum absolute atomic E-state index is 14.6. The Balaban J connectivity index is 1.37. The number of methoxy groups -OCH3 is 1. The molecule has 1 aromatic heterocycles. The highest BCUT2D eigenvalue weighted by Crippen LogP contribution is 2.37. The molecule has 0 spiro atoms. The van der Waals surface area contributed by atoms with E-state index in [1.165, 1.54) is 6.20 Å². The van der Waals surface area contributed by atoms with E-state index in [0.717, 1.165) is 18.2 Å². The molecule has 0 saturated carbocycles. The third-order valence-corrected chi connectivity index (χ3v) is 7.10. The largest absolute Gasteiger partial charge is 0.497 e. The normalized spacial score (nSPS) is 16.0. The Morgan fingerprint density at radius 3 is 2.64 bits per heavy atom. The average Bonchev–Trinajstić information content (AvgIpc) is 2.88. The Morgan fingerprint density at radius 1 is 1.14 bits per heavy atom. The fraction of sp³-hybridized carbons (Fsp3) is 0.357. The molecule has 1 fully saturated rings. The molecule has 5 nitrogen and oxygen atoms in total. The molecule has 190 valence electrons. The van der Waals surface area contributed by atoms with Gasteiger partial charge in [-0.3, -0.25) is 14.7 Å². The number of aromatic nitrogens is 1. The van der Waals surface area contributed by atoms with Gasteiger partial charge in [-0.15, -0.1) is 0 Å². The van der Waals surface area contributed by atoms with Crippen LogP contribution in [0.5, 0.6) is 5.75 Å². The number of nitrogens with zero attached hydrogens (tertiary/aromatic N) is 2. The van der Waals surface area contributed by atoms with Gasteiger partial charge in [-0.25, -0.2) is 13.2 Å². The second-order valence-corrected chi connectivity index (χ2v) is 9.28. The van der Waals surface area contributed by atoms with Crippen LogP contribution in [-0.2, 0) is 11.2 Å². The smallest absolute Gasteiger partial charge is 0.309 e. The van der Waals surface area contributed by atoms with Crippen LogP contribution in [0.2, 0.25) is 0 Å². The number of hydrogen-bond acceptors (Lipinski definition) is 4. The minimum atomic E-state index is -0.869. The highest BCUT2D eigenvalue weighted by atomic mass is 19.1. The van der Waals surface area contributed by atoms with Crippen molar-refractivity contribution in [3.05, 3.63) is 77.2 Å². The maximum atomic E-state index is 14.6. The van der Waals surface area contributed by atoms with Crippen LogP contribution >= 0.6 is 0 Å². The Kier molecular flexibility index (Phi) is 7.94. The van der Waals surface area contributed by atoms with Gasteiger partial charge < -0.3 is 9.84 Å². The van der Waals surface area contributed by atoms with Crippen LogP contribution in [0.3, 0.4) is 0 Å². The fourth-order valence-electron chi connectivity index (χ4n) is 4.89. The third-order valence-electron chi connectivity index (χ3n) is 7.10. The zero-order chi connectivity index (χ0) is 25.7. The van der Waals surface area contributed by atoms with Crippen LogP contribution in [0, 0.1) is 22.9 Å². The third kappa shape index (κ3) is 5.70. The number of benzene rings is 2. The van der Waals surface area contributed by atoms with Gasteiger partial charge in [0.05, 0.1) is 24.2 Å². The standard InChI is InChI=1S/C28H29F3N2O3/c1-36-21-7-9-26-23(17-21)22(25(31)18-32-26)5-2-10-28(27(34)35)11-14-33(15-12-28)13-3-4-19-16-20(29)6-8-24(19)30/h3-4,6-9,16-18H,2,5,10-15H2,1H3,(H,34,35)/b4-3+. The van der Waals surface area contributed by atoms with E-state index in [1.807, 2.05) is 0 Å². The zero-order valence-electron chi connectivity index (χ0n) is 20.1. The molecule has 1 saturated heterocycles. The number of ether oxygens (including phenoxy) is 1. The number of rotatable bonds is 9. The first kappa shape index (κ1) is 25.7. The molecule has 0 radical (unpaired) electrons. The lowest BCUT2D eigenvalue weighted by atomic mass is 9.74. The lowest BCUT2D eigenvalue weighted by molar-refractivity contribution is -0.152. The summed E-state index contributed by atoms with van der Waals surface area (Å²) in [5, 5.41) is 10.7. The van der Waals surface area contributed by atoms with Crippen LogP contribution in [0.15, 0.2) is 48.7 Å². The quantitative estimate of drug-likeness (QED) is 0.400. The number of carboxylic acids is 1. The molecular weight excluding hydrogens is 469 g/mol. The molecule has 8 heteroatoms. The first-order chi connectivity index (χ1) is 17.3. The van der Waals surface area contributed by atoms with Crippen molar-refractivity contribution in [3.8, 4) is 5.75 Å². The Labute approximate surface area is 208 Å². The van der Waals surface area contributed by atoms with E-state index in [2.05, 4.69) is 9.88 Å². The summed E-state index contributed by atoms with van der Waals surface area (Å²) < 4.78 is 47.0. The average molecular weight is 499 g/mol. The van der Waals surface area contributed by atoms with E-state index in [0.29, 0.717) is 74.0 Å². The molecule has 0 atom stereocenters. The summed E-state index contributed by atoms with van der Waals surface area (Å²) in [5.41, 5.74) is 0.498. The zero-order valence-corrected chi connectivity index (χ0v) is 20.1. The van der Waals surface area contributed by atoms with Crippen molar-refractivity contribution >= 4 is 22.9 Å². The summed E-state index contributed by atoms with van der Waals surface area (Å²) in [4.78, 5) is 18.5. The van der Waals surface area contributed by atoms with Crippen molar-refractivity contribution < 1.29 is 27.8 Å². The topological polar surface area (TPSA) is 62.7 Å². The molecule has 0 amide bonds. The summed E-state index contributed by atoms with van der Waals surface area (Å²) in [6, 6.07) is 8.62. The summed E-state index contributed by atoms with van der Waals surface area (Å²) in [5.74, 6) is -1.62. The molecule has 2 heterocycles. The molecule has 3 aromatic rings. The predicted octanol–water partition coefficient (Wildman–Crippen LogP) is 5.86. The van der Waals surface area contributed by atoms with Crippen molar-refractivity contribution in [2.24, 2.45) is 5.41 Å². The van der Waals surface area contributed by atoms with Crippen LogP contribution < -0.4 is 4.74 Å². The van der Waals surface area contributed by atoms with Crippen LogP contribution in [0.1, 0.15) is 36.8 Å². The molecule has 36 heavy (non-hydrogen) atoms. The van der Waals surface area contributed by atoms with E-state index >= 15 is 0 Å². The van der Waals surface area contributed by atoms with Crippen molar-refractivity contribution in [1.82, 2.24) is 9.88 Å². The number of pyridine rings is 1. The number of aryl methyl sites for hydroxylation is 1. The second-order valence-electron chi connectivity index (χ2n) is 9.28. The minimum absolute atomic E-state index is 0.181. The summed E-state index contributed by atoms with van der Waals surface area (Å²) in [7, 11) is 1.55. The molecule has 1 aliphatic rings. The summed E-state index contributed by atoms with van der Waals surface area (Å²) in [6.45, 7) is 1.67. The molecule has 2 aromatic carbocycles. The number of likely N-dealkylation sites (tertiary alicyclic amines) is 1. The molecule has 0 aliphatic carbocycles. The van der Waals surface area contributed by atoms with Gasteiger partial charge in [0.1, 0.15) is 23.2 Å². The van der Waals surface area contributed by atoms with Gasteiger partial charge in [-0.05, 0) is 87.2 Å². The number of hydrogen-bond donors (Lipinski definition) is 1. The SMILES string of the molecule is COc1ccc2ncc(F)c(CCCC3(C(=O)O)CCN(C/C=C/c4cc(F)ccc4F)CC3)c2c1. The molecule has 1 aliphatic heterocycles. The van der Waals surface area contributed by atoms with Crippen molar-refractivity contribution in [1.29, 1.82) is 0 Å². The number of piperidine rings is 1. The van der Waals surface area contributed by atoms with Gasteiger partial charge in [0.15, 0.2) is 0 Å². The highest BCUT2D eigenvalue weighted by Gasteiger charge is 2.40. The van der Waals surface area contributed by atoms with Crippen LogP contribution in [0.4, 0.5) is 13.2 Å². The number of fused-ring (bicyclic) bond motifs is 1. The maximum Gasteiger partial charge on any atom is 0.309 e. The highest BCUT2D eigenvalue weighted by molar-refractivity contribution is 5.83. The first-order valence-corrected chi connectivity index (χ1v) is 12.0. The van der Waals surface area contributed by atoms with Crippen molar-refractivity contribution in [2.75, 3.05) is 26.7 Å². The lowest BCUT2D eigenvalue weighted by Crippen LogP contribution is -2.44. The number of aliphatic carboxylic acids is 1. The minimum Gasteiger partial charge on any atom is -0.497 e. The second kappa shape index (κ2) is 11.1. The van der Waals surface area contributed by atoms with E-state index < -0.39 is 28.8 Å². The van der Waals surface area contributed by atoms with Crippen molar-refractivity contribution in [2.45, 2.75) is 32.1 Å². The molecule has 0 bridgehead atoms. The van der Waals surface area contributed by atoms with E-state index in [-0.39, 0.29) is 5.56 Å². The van der Waals surface area contributed by atoms with Gasteiger partial charge in [0.2, 0.25) is 0 Å². The van der Waals surface area contributed by atoms with E-state index in [4.69, 9.17) is 4.74 Å². The van der Waals surface area contributed by atoms with Gasteiger partial charge >= 0.3 is 5.97 Å². The van der Waals surface area contributed by atoms with Crippen molar-refractivity contribution in [3.63, 3.8) is 0 Å².